The molecule has 0 aromatic rings. The Labute approximate surface area is 108 Å². The fourth-order valence-corrected chi connectivity index (χ4v) is 4.43. The van der Waals surface area contributed by atoms with E-state index in [0.717, 1.165) is 39.6 Å². The second-order valence-corrected chi connectivity index (χ2v) is 9.77. The molecule has 0 unspecified atom stereocenters. The zero-order chi connectivity index (χ0) is 13.0. The van der Waals surface area contributed by atoms with Crippen molar-refractivity contribution in [1.82, 2.24) is 0 Å². The van der Waals surface area contributed by atoms with Crippen LogP contribution in [0.3, 0.4) is 0 Å². The molecule has 0 saturated carbocycles. The molecule has 0 N–H and O–H groups in total. The summed E-state index contributed by atoms with van der Waals surface area (Å²) >= 11 is 0. The quantitative estimate of drug-likeness (QED) is 0.399. The minimum Gasteiger partial charge on any atom is -0.382 e. The minimum absolute atomic E-state index is 0.821. The standard InChI is InChI=1S/C13H30O3Si/c1-5-14-8-11-17(4,12-9-15-6-2)13-10-16-7-3/h5-13H2,1-4H3. The van der Waals surface area contributed by atoms with Crippen molar-refractivity contribution in [2.24, 2.45) is 0 Å². The van der Waals surface area contributed by atoms with Crippen LogP contribution in [-0.2, 0) is 14.2 Å². The van der Waals surface area contributed by atoms with E-state index in [1.165, 1.54) is 18.1 Å². The first-order valence-corrected chi connectivity index (χ1v) is 10.0. The number of hydrogen-bond donors (Lipinski definition) is 0. The fraction of sp³-hybridized carbons (Fsp3) is 1.00. The molecule has 0 aliphatic carbocycles. The molecular weight excluding hydrogens is 232 g/mol. The van der Waals surface area contributed by atoms with Gasteiger partial charge in [-0.2, -0.15) is 0 Å². The first-order valence-electron chi connectivity index (χ1n) is 6.91. The highest BCUT2D eigenvalue weighted by atomic mass is 28.3. The van der Waals surface area contributed by atoms with Gasteiger partial charge in [0.15, 0.2) is 0 Å². The smallest absolute Gasteiger partial charge is 0.0572 e. The Balaban J connectivity index is 3.95. The van der Waals surface area contributed by atoms with E-state index >= 15 is 0 Å². The molecule has 4 heteroatoms. The van der Waals surface area contributed by atoms with Crippen molar-refractivity contribution in [3.8, 4) is 0 Å². The topological polar surface area (TPSA) is 27.7 Å². The van der Waals surface area contributed by atoms with Gasteiger partial charge in [-0.05, 0) is 38.9 Å². The lowest BCUT2D eigenvalue weighted by molar-refractivity contribution is 0.150. The van der Waals surface area contributed by atoms with Crippen molar-refractivity contribution in [3.63, 3.8) is 0 Å². The summed E-state index contributed by atoms with van der Waals surface area (Å²) < 4.78 is 16.5. The first kappa shape index (κ1) is 17.1. The summed E-state index contributed by atoms with van der Waals surface area (Å²) in [7, 11) is -1.24. The fourth-order valence-electron chi connectivity index (χ4n) is 1.76. The lowest BCUT2D eigenvalue weighted by Crippen LogP contribution is -2.34. The van der Waals surface area contributed by atoms with Gasteiger partial charge in [0.05, 0.1) is 8.07 Å². The summed E-state index contributed by atoms with van der Waals surface area (Å²) in [5.41, 5.74) is 0. The van der Waals surface area contributed by atoms with Gasteiger partial charge in [0.1, 0.15) is 0 Å². The van der Waals surface area contributed by atoms with E-state index in [9.17, 15) is 0 Å². The van der Waals surface area contributed by atoms with Crippen molar-refractivity contribution < 1.29 is 14.2 Å². The largest absolute Gasteiger partial charge is 0.382 e. The Bertz CT molecular complexity index is 138. The molecule has 0 aliphatic heterocycles. The van der Waals surface area contributed by atoms with Gasteiger partial charge in [0.25, 0.3) is 0 Å². The summed E-state index contributed by atoms with van der Waals surface area (Å²) in [4.78, 5) is 0. The number of rotatable bonds is 12. The molecular formula is C13H30O3Si. The maximum absolute atomic E-state index is 5.49. The monoisotopic (exact) mass is 262 g/mol. The van der Waals surface area contributed by atoms with Crippen LogP contribution in [0.5, 0.6) is 0 Å². The third-order valence-electron chi connectivity index (χ3n) is 3.16. The number of hydrogen-bond acceptors (Lipinski definition) is 3. The minimum atomic E-state index is -1.24. The molecule has 0 heterocycles. The van der Waals surface area contributed by atoms with E-state index in [1.54, 1.807) is 0 Å². The van der Waals surface area contributed by atoms with Crippen LogP contribution < -0.4 is 0 Å². The van der Waals surface area contributed by atoms with Gasteiger partial charge in [-0.15, -0.1) is 0 Å². The van der Waals surface area contributed by atoms with Gasteiger partial charge >= 0.3 is 0 Å². The Morgan fingerprint density at radius 1 is 0.647 bits per heavy atom. The predicted molar refractivity (Wildman–Crippen MR) is 75.5 cm³/mol. The molecule has 0 saturated heterocycles. The van der Waals surface area contributed by atoms with E-state index in [-0.39, 0.29) is 0 Å². The Hall–Kier alpha value is 0.0969. The zero-order valence-electron chi connectivity index (χ0n) is 12.1. The molecule has 0 fully saturated rings. The summed E-state index contributed by atoms with van der Waals surface area (Å²) in [6, 6.07) is 3.67. The molecule has 104 valence electrons. The van der Waals surface area contributed by atoms with Crippen LogP contribution in [0.25, 0.3) is 0 Å². The maximum atomic E-state index is 5.49. The highest BCUT2D eigenvalue weighted by molar-refractivity contribution is 6.78. The highest BCUT2D eigenvalue weighted by Gasteiger charge is 2.26. The third-order valence-corrected chi connectivity index (χ3v) is 7.40. The maximum Gasteiger partial charge on any atom is 0.0572 e. The average Bonchev–Trinajstić information content (AvgIpc) is 2.30. The zero-order valence-corrected chi connectivity index (χ0v) is 13.1. The van der Waals surface area contributed by atoms with Crippen molar-refractivity contribution in [1.29, 1.82) is 0 Å². The van der Waals surface area contributed by atoms with Gasteiger partial charge in [0.2, 0.25) is 0 Å². The normalized spacial score (nSPS) is 12.0. The molecule has 17 heavy (non-hydrogen) atoms. The molecule has 0 atom stereocenters. The lowest BCUT2D eigenvalue weighted by Gasteiger charge is -2.27. The molecule has 0 aliphatic rings. The van der Waals surface area contributed by atoms with Gasteiger partial charge in [0, 0.05) is 39.6 Å². The Morgan fingerprint density at radius 3 is 1.18 bits per heavy atom. The molecule has 0 amide bonds. The number of ether oxygens (including phenoxy) is 3. The van der Waals surface area contributed by atoms with Crippen LogP contribution in [0.15, 0.2) is 0 Å². The van der Waals surface area contributed by atoms with Crippen molar-refractivity contribution in [3.05, 3.63) is 0 Å². The molecule has 0 aromatic heterocycles. The summed E-state index contributed by atoms with van der Waals surface area (Å²) in [5, 5.41) is 0. The second-order valence-electron chi connectivity index (χ2n) is 4.65. The van der Waals surface area contributed by atoms with Crippen LogP contribution in [0.2, 0.25) is 24.7 Å². The summed E-state index contributed by atoms with van der Waals surface area (Å²) in [6.07, 6.45) is 0. The SMILES string of the molecule is CCOCC[Si](C)(CCOCC)CCOCC. The molecule has 0 aromatic carbocycles. The first-order chi connectivity index (χ1) is 8.18. The summed E-state index contributed by atoms with van der Waals surface area (Å²) in [5.74, 6) is 0. The second kappa shape index (κ2) is 11.2. The van der Waals surface area contributed by atoms with Gasteiger partial charge in [-0.1, -0.05) is 6.55 Å². The Kier molecular flexibility index (Phi) is 11.3. The van der Waals surface area contributed by atoms with Gasteiger partial charge in [-0.25, -0.2) is 0 Å². The van der Waals surface area contributed by atoms with E-state index in [2.05, 4.69) is 27.3 Å². The van der Waals surface area contributed by atoms with E-state index < -0.39 is 8.07 Å². The van der Waals surface area contributed by atoms with E-state index in [4.69, 9.17) is 14.2 Å². The highest BCUT2D eigenvalue weighted by Crippen LogP contribution is 2.21. The van der Waals surface area contributed by atoms with Crippen molar-refractivity contribution in [2.45, 2.75) is 45.5 Å². The van der Waals surface area contributed by atoms with Crippen molar-refractivity contribution in [2.75, 3.05) is 39.6 Å². The van der Waals surface area contributed by atoms with Crippen LogP contribution in [0, 0.1) is 0 Å². The van der Waals surface area contributed by atoms with Crippen LogP contribution in [0.4, 0.5) is 0 Å². The van der Waals surface area contributed by atoms with E-state index in [1.807, 2.05) is 0 Å². The third kappa shape index (κ3) is 9.77. The van der Waals surface area contributed by atoms with Gasteiger partial charge in [-0.3, -0.25) is 0 Å². The van der Waals surface area contributed by atoms with E-state index in [0.29, 0.717) is 0 Å². The summed E-state index contributed by atoms with van der Waals surface area (Å²) in [6.45, 7) is 13.8. The van der Waals surface area contributed by atoms with Crippen molar-refractivity contribution >= 4 is 8.07 Å². The average molecular weight is 262 g/mol. The van der Waals surface area contributed by atoms with Gasteiger partial charge < -0.3 is 14.2 Å². The molecule has 0 radical (unpaired) electrons. The Morgan fingerprint density at radius 2 is 0.941 bits per heavy atom. The molecule has 3 nitrogen and oxygen atoms in total. The molecule has 0 spiro atoms. The van der Waals surface area contributed by atoms with Crippen LogP contribution in [-0.4, -0.2) is 47.7 Å². The van der Waals surface area contributed by atoms with Crippen LogP contribution >= 0.6 is 0 Å². The molecule has 0 bridgehead atoms. The predicted octanol–water partition coefficient (Wildman–Crippen LogP) is 3.17. The lowest BCUT2D eigenvalue weighted by atomic mass is 10.8. The van der Waals surface area contributed by atoms with Crippen LogP contribution in [0.1, 0.15) is 20.8 Å². The molecule has 0 rings (SSSR count).